The summed E-state index contributed by atoms with van der Waals surface area (Å²) in [6.07, 6.45) is 5.89. The Morgan fingerprint density at radius 2 is 2.33 bits per heavy atom. The van der Waals surface area contributed by atoms with Crippen molar-refractivity contribution in [3.05, 3.63) is 24.5 Å². The molecule has 0 spiro atoms. The van der Waals surface area contributed by atoms with Crippen LogP contribution in [-0.2, 0) is 9.53 Å². The molecule has 0 aromatic carbocycles. The Kier molecular flexibility index (Phi) is 4.39. The lowest BCUT2D eigenvalue weighted by Gasteiger charge is -2.21. The minimum absolute atomic E-state index is 0.103. The Labute approximate surface area is 125 Å². The fraction of sp³-hybridized carbons (Fsp3) is 0.625. The molecule has 21 heavy (non-hydrogen) atoms. The van der Waals surface area contributed by atoms with Gasteiger partial charge in [0.15, 0.2) is 0 Å². The normalized spacial score (nSPS) is 27.7. The van der Waals surface area contributed by atoms with Crippen molar-refractivity contribution in [2.24, 2.45) is 11.8 Å². The summed E-state index contributed by atoms with van der Waals surface area (Å²) in [7, 11) is 0. The SMILES string of the molecule is CCOCC(=O)N1C[C@H]2CC[C@@H](Oc3cccnc3)[C@H]2C1. The van der Waals surface area contributed by atoms with Crippen LogP contribution in [0.15, 0.2) is 24.5 Å². The van der Waals surface area contributed by atoms with Crippen LogP contribution in [-0.4, -0.2) is 48.2 Å². The van der Waals surface area contributed by atoms with Crippen LogP contribution in [0.1, 0.15) is 19.8 Å². The van der Waals surface area contributed by atoms with Crippen LogP contribution in [0.2, 0.25) is 0 Å². The number of hydrogen-bond acceptors (Lipinski definition) is 4. The average Bonchev–Trinajstić information content (AvgIpc) is 3.08. The van der Waals surface area contributed by atoms with Crippen molar-refractivity contribution in [1.29, 1.82) is 0 Å². The zero-order valence-corrected chi connectivity index (χ0v) is 12.4. The van der Waals surface area contributed by atoms with Crippen molar-refractivity contribution in [1.82, 2.24) is 9.88 Å². The number of aromatic nitrogens is 1. The lowest BCUT2D eigenvalue weighted by molar-refractivity contribution is -0.135. The van der Waals surface area contributed by atoms with Crippen molar-refractivity contribution in [3.8, 4) is 5.75 Å². The van der Waals surface area contributed by atoms with Gasteiger partial charge in [-0.2, -0.15) is 0 Å². The van der Waals surface area contributed by atoms with Gasteiger partial charge in [0.05, 0.1) is 6.20 Å². The average molecular weight is 290 g/mol. The summed E-state index contributed by atoms with van der Waals surface area (Å²) in [4.78, 5) is 18.1. The second kappa shape index (κ2) is 6.43. The molecule has 2 aliphatic rings. The van der Waals surface area contributed by atoms with Crippen molar-refractivity contribution in [3.63, 3.8) is 0 Å². The highest BCUT2D eigenvalue weighted by atomic mass is 16.5. The molecule has 2 heterocycles. The highest BCUT2D eigenvalue weighted by molar-refractivity contribution is 5.77. The summed E-state index contributed by atoms with van der Waals surface area (Å²) in [6.45, 7) is 4.33. The predicted octanol–water partition coefficient (Wildman–Crippen LogP) is 1.73. The number of likely N-dealkylation sites (tertiary alicyclic amines) is 1. The summed E-state index contributed by atoms with van der Waals surface area (Å²) in [6, 6.07) is 3.82. The second-order valence-electron chi connectivity index (χ2n) is 5.78. The van der Waals surface area contributed by atoms with Crippen LogP contribution in [0.4, 0.5) is 0 Å². The standard InChI is InChI=1S/C16H22N2O3/c1-2-20-11-16(19)18-9-12-5-6-15(14(12)10-18)21-13-4-3-7-17-8-13/h3-4,7-8,12,14-15H,2,5-6,9-11H2,1H3/t12-,14+,15-/m1/s1. The van der Waals surface area contributed by atoms with E-state index >= 15 is 0 Å². The number of ether oxygens (including phenoxy) is 2. The molecule has 1 saturated heterocycles. The first-order chi connectivity index (χ1) is 10.3. The molecule has 0 N–H and O–H groups in total. The van der Waals surface area contributed by atoms with E-state index in [1.807, 2.05) is 24.0 Å². The van der Waals surface area contributed by atoms with E-state index in [-0.39, 0.29) is 18.6 Å². The predicted molar refractivity (Wildman–Crippen MR) is 77.9 cm³/mol. The number of carbonyl (C=O) groups excluding carboxylic acids is 1. The number of hydrogen-bond donors (Lipinski definition) is 0. The molecular formula is C16H22N2O3. The number of rotatable bonds is 5. The first kappa shape index (κ1) is 14.3. The summed E-state index contributed by atoms with van der Waals surface area (Å²) < 4.78 is 11.3. The summed E-state index contributed by atoms with van der Waals surface area (Å²) >= 11 is 0. The lowest BCUT2D eigenvalue weighted by Crippen LogP contribution is -2.34. The molecule has 114 valence electrons. The molecule has 5 heteroatoms. The Hall–Kier alpha value is -1.62. The summed E-state index contributed by atoms with van der Waals surface area (Å²) in [5.41, 5.74) is 0. The molecule has 3 rings (SSSR count). The van der Waals surface area contributed by atoms with Crippen molar-refractivity contribution >= 4 is 5.91 Å². The Bertz CT molecular complexity index is 480. The van der Waals surface area contributed by atoms with E-state index in [0.717, 1.165) is 31.7 Å². The summed E-state index contributed by atoms with van der Waals surface area (Å²) in [5.74, 6) is 1.93. The zero-order valence-electron chi connectivity index (χ0n) is 12.4. The van der Waals surface area contributed by atoms with E-state index in [2.05, 4.69) is 4.98 Å². The molecule has 1 saturated carbocycles. The molecule has 0 bridgehead atoms. The van der Waals surface area contributed by atoms with E-state index in [1.165, 1.54) is 0 Å². The van der Waals surface area contributed by atoms with Gasteiger partial charge < -0.3 is 14.4 Å². The van der Waals surface area contributed by atoms with E-state index in [1.54, 1.807) is 12.4 Å². The van der Waals surface area contributed by atoms with E-state index in [0.29, 0.717) is 18.4 Å². The van der Waals surface area contributed by atoms with Gasteiger partial charge in [-0.1, -0.05) is 0 Å². The monoisotopic (exact) mass is 290 g/mol. The Morgan fingerprint density at radius 1 is 1.43 bits per heavy atom. The molecule has 2 fully saturated rings. The van der Waals surface area contributed by atoms with Crippen molar-refractivity contribution in [2.75, 3.05) is 26.3 Å². The van der Waals surface area contributed by atoms with Crippen LogP contribution in [0, 0.1) is 11.8 Å². The molecule has 1 aliphatic carbocycles. The van der Waals surface area contributed by atoms with Crippen molar-refractivity contribution in [2.45, 2.75) is 25.9 Å². The van der Waals surface area contributed by atoms with Crippen LogP contribution in [0.5, 0.6) is 5.75 Å². The number of fused-ring (bicyclic) bond motifs is 1. The second-order valence-corrected chi connectivity index (χ2v) is 5.78. The van der Waals surface area contributed by atoms with Crippen molar-refractivity contribution < 1.29 is 14.3 Å². The molecule has 0 radical (unpaired) electrons. The van der Waals surface area contributed by atoms with E-state index in [9.17, 15) is 4.79 Å². The Morgan fingerprint density at radius 3 is 3.10 bits per heavy atom. The van der Waals surface area contributed by atoms with E-state index < -0.39 is 0 Å². The molecule has 5 nitrogen and oxygen atoms in total. The number of carbonyl (C=O) groups is 1. The maximum Gasteiger partial charge on any atom is 0.248 e. The lowest BCUT2D eigenvalue weighted by atomic mass is 9.99. The fourth-order valence-electron chi connectivity index (χ4n) is 3.44. The Balaban J connectivity index is 1.57. The molecule has 1 aliphatic heterocycles. The molecule has 1 amide bonds. The van der Waals surface area contributed by atoms with Crippen LogP contribution < -0.4 is 4.74 Å². The molecule has 1 aromatic rings. The largest absolute Gasteiger partial charge is 0.488 e. The minimum atomic E-state index is 0.103. The molecule has 0 unspecified atom stereocenters. The molecular weight excluding hydrogens is 268 g/mol. The quantitative estimate of drug-likeness (QED) is 0.829. The third kappa shape index (κ3) is 3.18. The van der Waals surface area contributed by atoms with Gasteiger partial charge in [0.2, 0.25) is 5.91 Å². The van der Waals surface area contributed by atoms with Gasteiger partial charge in [0.1, 0.15) is 18.5 Å². The first-order valence-electron chi connectivity index (χ1n) is 7.70. The van der Waals surface area contributed by atoms with Gasteiger partial charge in [0.25, 0.3) is 0 Å². The summed E-state index contributed by atoms with van der Waals surface area (Å²) in [5, 5.41) is 0. The minimum Gasteiger partial charge on any atom is -0.488 e. The van der Waals surface area contributed by atoms with Gasteiger partial charge in [-0.05, 0) is 37.8 Å². The third-order valence-corrected chi connectivity index (χ3v) is 4.50. The maximum absolute atomic E-state index is 12.1. The van der Waals surface area contributed by atoms with Crippen LogP contribution in [0.3, 0.4) is 0 Å². The van der Waals surface area contributed by atoms with Gasteiger partial charge in [0, 0.05) is 31.8 Å². The van der Waals surface area contributed by atoms with Gasteiger partial charge in [-0.15, -0.1) is 0 Å². The number of nitrogens with zero attached hydrogens (tertiary/aromatic N) is 2. The van der Waals surface area contributed by atoms with Crippen LogP contribution >= 0.6 is 0 Å². The first-order valence-corrected chi connectivity index (χ1v) is 7.70. The topological polar surface area (TPSA) is 51.7 Å². The number of amides is 1. The highest BCUT2D eigenvalue weighted by Gasteiger charge is 2.45. The van der Waals surface area contributed by atoms with Gasteiger partial charge in [-0.3, -0.25) is 9.78 Å². The molecule has 1 aromatic heterocycles. The van der Waals surface area contributed by atoms with Crippen LogP contribution in [0.25, 0.3) is 0 Å². The maximum atomic E-state index is 12.1. The zero-order chi connectivity index (χ0) is 14.7. The third-order valence-electron chi connectivity index (χ3n) is 4.50. The van der Waals surface area contributed by atoms with Gasteiger partial charge in [-0.25, -0.2) is 0 Å². The smallest absolute Gasteiger partial charge is 0.248 e. The van der Waals surface area contributed by atoms with Gasteiger partial charge >= 0.3 is 0 Å². The van der Waals surface area contributed by atoms with E-state index in [4.69, 9.17) is 9.47 Å². The fourth-order valence-corrected chi connectivity index (χ4v) is 3.44. The highest BCUT2D eigenvalue weighted by Crippen LogP contribution is 2.40. The number of pyridine rings is 1. The molecule has 3 atom stereocenters.